The Balaban J connectivity index is 2.70. The number of carbonyl (C=O) groups excluding carboxylic acids is 1. The van der Waals surface area contributed by atoms with Crippen molar-refractivity contribution in [2.75, 3.05) is 20.6 Å². The highest BCUT2D eigenvalue weighted by Gasteiger charge is 2.37. The Hall–Kier alpha value is -0.370. The summed E-state index contributed by atoms with van der Waals surface area (Å²) in [5.74, 6) is 2.16. The molecule has 15 heavy (non-hydrogen) atoms. The summed E-state index contributed by atoms with van der Waals surface area (Å²) in [4.78, 5) is 14.4. The van der Waals surface area contributed by atoms with Crippen LogP contribution >= 0.6 is 0 Å². The second-order valence-corrected chi connectivity index (χ2v) is 5.68. The van der Waals surface area contributed by atoms with E-state index >= 15 is 0 Å². The van der Waals surface area contributed by atoms with Gasteiger partial charge in [-0.25, -0.2) is 0 Å². The zero-order valence-electron chi connectivity index (χ0n) is 10.8. The quantitative estimate of drug-likeness (QED) is 0.714. The third-order valence-electron chi connectivity index (χ3n) is 3.72. The van der Waals surface area contributed by atoms with Crippen LogP contribution in [-0.4, -0.2) is 31.3 Å². The maximum absolute atomic E-state index is 12.3. The maximum atomic E-state index is 12.3. The van der Waals surface area contributed by atoms with Gasteiger partial charge in [0.1, 0.15) is 5.78 Å². The topological polar surface area (TPSA) is 20.3 Å². The summed E-state index contributed by atoms with van der Waals surface area (Å²) in [6.45, 7) is 7.49. The molecule has 1 rings (SSSR count). The molecule has 1 aliphatic rings. The van der Waals surface area contributed by atoms with E-state index in [4.69, 9.17) is 0 Å². The van der Waals surface area contributed by atoms with E-state index in [9.17, 15) is 4.79 Å². The number of carbonyl (C=O) groups is 1. The summed E-state index contributed by atoms with van der Waals surface area (Å²) in [7, 11) is 4.11. The van der Waals surface area contributed by atoms with Gasteiger partial charge in [0, 0.05) is 18.4 Å². The Bertz CT molecular complexity index is 223. The zero-order valence-corrected chi connectivity index (χ0v) is 10.8. The van der Waals surface area contributed by atoms with Crippen LogP contribution in [0.4, 0.5) is 0 Å². The molecule has 0 aromatic heterocycles. The Kier molecular flexibility index (Phi) is 4.32. The fourth-order valence-corrected chi connectivity index (χ4v) is 2.67. The van der Waals surface area contributed by atoms with Crippen LogP contribution in [0.2, 0.25) is 0 Å². The van der Waals surface area contributed by atoms with Crippen molar-refractivity contribution in [3.63, 3.8) is 0 Å². The molecule has 0 amide bonds. The minimum atomic E-state index is 0.265. The molecule has 0 heterocycles. The van der Waals surface area contributed by atoms with E-state index in [2.05, 4.69) is 39.8 Å². The van der Waals surface area contributed by atoms with Gasteiger partial charge in [-0.1, -0.05) is 20.8 Å². The second-order valence-electron chi connectivity index (χ2n) is 5.68. The number of hydrogen-bond donors (Lipinski definition) is 0. The minimum absolute atomic E-state index is 0.265. The van der Waals surface area contributed by atoms with Crippen LogP contribution in [-0.2, 0) is 4.79 Å². The molecule has 2 heteroatoms. The first kappa shape index (κ1) is 12.7. The van der Waals surface area contributed by atoms with Gasteiger partial charge in [-0.05, 0) is 38.8 Å². The van der Waals surface area contributed by atoms with Crippen molar-refractivity contribution in [3.8, 4) is 0 Å². The Morgan fingerprint density at radius 3 is 2.40 bits per heavy atom. The van der Waals surface area contributed by atoms with E-state index in [0.717, 1.165) is 13.0 Å². The van der Waals surface area contributed by atoms with Crippen LogP contribution in [0.3, 0.4) is 0 Å². The van der Waals surface area contributed by atoms with Crippen molar-refractivity contribution in [2.24, 2.45) is 23.7 Å². The fraction of sp³-hybridized carbons (Fsp3) is 0.923. The molecule has 3 unspecified atom stereocenters. The molecule has 0 spiro atoms. The lowest BCUT2D eigenvalue weighted by Gasteiger charge is -2.36. The molecule has 0 saturated heterocycles. The largest absolute Gasteiger partial charge is 0.309 e. The lowest BCUT2D eigenvalue weighted by atomic mass is 9.70. The van der Waals surface area contributed by atoms with Crippen molar-refractivity contribution in [1.82, 2.24) is 4.90 Å². The van der Waals surface area contributed by atoms with Gasteiger partial charge in [0.05, 0.1) is 0 Å². The third kappa shape index (κ3) is 3.04. The van der Waals surface area contributed by atoms with Crippen LogP contribution in [0.15, 0.2) is 0 Å². The molecule has 1 fully saturated rings. The highest BCUT2D eigenvalue weighted by molar-refractivity contribution is 5.84. The van der Waals surface area contributed by atoms with Crippen molar-refractivity contribution >= 4 is 5.78 Å². The standard InChI is InChI=1S/C13H25NO/c1-9(2)11-7-6-10(3)12(13(11)15)8-14(4)5/h9-12H,6-8H2,1-5H3. The first-order valence-corrected chi connectivity index (χ1v) is 6.12. The smallest absolute Gasteiger partial charge is 0.140 e. The predicted molar refractivity (Wildman–Crippen MR) is 63.8 cm³/mol. The third-order valence-corrected chi connectivity index (χ3v) is 3.72. The molecule has 0 radical (unpaired) electrons. The number of Topliss-reactive ketones (excluding diaryl/α,β-unsaturated/α-hetero) is 1. The maximum Gasteiger partial charge on any atom is 0.140 e. The van der Waals surface area contributed by atoms with Crippen molar-refractivity contribution < 1.29 is 4.79 Å². The van der Waals surface area contributed by atoms with Gasteiger partial charge < -0.3 is 4.90 Å². The van der Waals surface area contributed by atoms with Gasteiger partial charge in [0.2, 0.25) is 0 Å². The van der Waals surface area contributed by atoms with Crippen molar-refractivity contribution in [3.05, 3.63) is 0 Å². The molecule has 1 aliphatic carbocycles. The second kappa shape index (κ2) is 5.11. The molecular weight excluding hydrogens is 186 g/mol. The Labute approximate surface area is 94.0 Å². The first-order valence-electron chi connectivity index (χ1n) is 6.12. The molecular formula is C13H25NO. The Morgan fingerprint density at radius 1 is 1.33 bits per heavy atom. The summed E-state index contributed by atoms with van der Waals surface area (Å²) in [5.41, 5.74) is 0. The average molecular weight is 211 g/mol. The van der Waals surface area contributed by atoms with Gasteiger partial charge in [0.25, 0.3) is 0 Å². The van der Waals surface area contributed by atoms with Crippen LogP contribution in [0.25, 0.3) is 0 Å². The summed E-state index contributed by atoms with van der Waals surface area (Å²) in [5, 5.41) is 0. The van der Waals surface area contributed by atoms with E-state index in [1.165, 1.54) is 6.42 Å². The number of nitrogens with zero attached hydrogens (tertiary/aromatic N) is 1. The van der Waals surface area contributed by atoms with E-state index in [-0.39, 0.29) is 5.92 Å². The molecule has 2 nitrogen and oxygen atoms in total. The monoisotopic (exact) mass is 211 g/mol. The average Bonchev–Trinajstić information content (AvgIpc) is 2.11. The van der Waals surface area contributed by atoms with Crippen molar-refractivity contribution in [1.29, 1.82) is 0 Å². The molecule has 1 saturated carbocycles. The van der Waals surface area contributed by atoms with Gasteiger partial charge in [-0.2, -0.15) is 0 Å². The highest BCUT2D eigenvalue weighted by atomic mass is 16.1. The van der Waals surface area contributed by atoms with E-state index in [1.807, 2.05) is 0 Å². The zero-order chi connectivity index (χ0) is 11.6. The normalized spacial score (nSPS) is 32.7. The SMILES string of the molecule is CC(C)C1CCC(C)C(CN(C)C)C1=O. The number of rotatable bonds is 3. The van der Waals surface area contributed by atoms with E-state index < -0.39 is 0 Å². The summed E-state index contributed by atoms with van der Waals surface area (Å²) >= 11 is 0. The first-order chi connectivity index (χ1) is 6.93. The molecule has 0 bridgehead atoms. The van der Waals surface area contributed by atoms with E-state index in [0.29, 0.717) is 23.5 Å². The van der Waals surface area contributed by atoms with Crippen LogP contribution in [0.1, 0.15) is 33.6 Å². The lowest BCUT2D eigenvalue weighted by Crippen LogP contribution is -2.41. The number of ketones is 1. The molecule has 3 atom stereocenters. The number of hydrogen-bond acceptors (Lipinski definition) is 2. The summed E-state index contributed by atoms with van der Waals surface area (Å²) in [6.07, 6.45) is 2.31. The van der Waals surface area contributed by atoms with Gasteiger partial charge in [-0.15, -0.1) is 0 Å². The van der Waals surface area contributed by atoms with E-state index in [1.54, 1.807) is 0 Å². The van der Waals surface area contributed by atoms with Crippen molar-refractivity contribution in [2.45, 2.75) is 33.6 Å². The molecule has 0 aromatic carbocycles. The molecule has 0 aromatic rings. The van der Waals surface area contributed by atoms with Crippen LogP contribution in [0, 0.1) is 23.7 Å². The highest BCUT2D eigenvalue weighted by Crippen LogP contribution is 2.34. The lowest BCUT2D eigenvalue weighted by molar-refractivity contribution is -0.133. The predicted octanol–water partition coefficient (Wildman–Crippen LogP) is 2.44. The Morgan fingerprint density at radius 2 is 1.93 bits per heavy atom. The van der Waals surface area contributed by atoms with Crippen LogP contribution < -0.4 is 0 Å². The van der Waals surface area contributed by atoms with Gasteiger partial charge in [-0.3, -0.25) is 4.79 Å². The summed E-state index contributed by atoms with van der Waals surface area (Å²) < 4.78 is 0. The van der Waals surface area contributed by atoms with Crippen LogP contribution in [0.5, 0.6) is 0 Å². The summed E-state index contributed by atoms with van der Waals surface area (Å²) in [6, 6.07) is 0. The minimum Gasteiger partial charge on any atom is -0.309 e. The molecule has 0 aliphatic heterocycles. The van der Waals surface area contributed by atoms with Gasteiger partial charge in [0.15, 0.2) is 0 Å². The molecule has 88 valence electrons. The fourth-order valence-electron chi connectivity index (χ4n) is 2.67. The van der Waals surface area contributed by atoms with Gasteiger partial charge >= 0.3 is 0 Å². The molecule has 0 N–H and O–H groups in total.